The quantitative estimate of drug-likeness (QED) is 0.598. The number of nitrogens with one attached hydrogen (secondary N) is 1. The SMILES string of the molecule is O=C(NCCC(O)C(=O)O)c1c(O)cccc1F. The number of amides is 1. The summed E-state index contributed by atoms with van der Waals surface area (Å²) in [5.41, 5.74) is -0.512. The summed E-state index contributed by atoms with van der Waals surface area (Å²) < 4.78 is 13.3. The number of carbonyl (C=O) groups excluding carboxylic acids is 1. The van der Waals surface area contributed by atoms with Gasteiger partial charge in [-0.15, -0.1) is 0 Å². The van der Waals surface area contributed by atoms with E-state index in [1.165, 1.54) is 6.07 Å². The normalized spacial score (nSPS) is 11.9. The van der Waals surface area contributed by atoms with E-state index in [9.17, 15) is 19.1 Å². The summed E-state index contributed by atoms with van der Waals surface area (Å²) in [7, 11) is 0. The first-order valence-corrected chi connectivity index (χ1v) is 5.10. The van der Waals surface area contributed by atoms with Crippen LogP contribution in [-0.2, 0) is 4.79 Å². The molecule has 18 heavy (non-hydrogen) atoms. The van der Waals surface area contributed by atoms with Crippen molar-refractivity contribution in [3.8, 4) is 5.75 Å². The molecular weight excluding hydrogens is 245 g/mol. The number of benzene rings is 1. The van der Waals surface area contributed by atoms with Crippen molar-refractivity contribution in [1.82, 2.24) is 5.32 Å². The van der Waals surface area contributed by atoms with Gasteiger partial charge in [-0.1, -0.05) is 6.07 Å². The average molecular weight is 257 g/mol. The Bertz CT molecular complexity index is 442. The van der Waals surface area contributed by atoms with E-state index in [4.69, 9.17) is 10.2 Å². The fraction of sp³-hybridized carbons (Fsp3) is 0.273. The van der Waals surface area contributed by atoms with Gasteiger partial charge in [-0.3, -0.25) is 4.79 Å². The van der Waals surface area contributed by atoms with Crippen LogP contribution in [0.25, 0.3) is 0 Å². The van der Waals surface area contributed by atoms with Crippen molar-refractivity contribution in [3.05, 3.63) is 29.6 Å². The standard InChI is InChI=1S/C11H12FNO5/c12-6-2-1-3-7(14)9(6)10(16)13-5-4-8(15)11(17)18/h1-3,8,14-15H,4-5H2,(H,13,16)(H,17,18). The number of aromatic hydroxyl groups is 1. The molecule has 0 saturated carbocycles. The van der Waals surface area contributed by atoms with Crippen LogP contribution in [0.15, 0.2) is 18.2 Å². The Hall–Kier alpha value is -2.15. The predicted octanol–water partition coefficient (Wildman–Crippen LogP) is 0.0967. The number of aliphatic carboxylic acids is 1. The van der Waals surface area contributed by atoms with Gasteiger partial charge in [0.05, 0.1) is 0 Å². The number of carbonyl (C=O) groups is 2. The van der Waals surface area contributed by atoms with E-state index in [2.05, 4.69) is 5.32 Å². The second-order valence-corrected chi connectivity index (χ2v) is 3.53. The van der Waals surface area contributed by atoms with Crippen LogP contribution in [0.5, 0.6) is 5.75 Å². The van der Waals surface area contributed by atoms with Gasteiger partial charge >= 0.3 is 5.97 Å². The first kappa shape index (κ1) is 13.9. The number of carboxylic acid groups (broad SMARTS) is 1. The lowest BCUT2D eigenvalue weighted by Gasteiger charge is -2.09. The number of phenolic OH excluding ortho intramolecular Hbond substituents is 1. The fourth-order valence-corrected chi connectivity index (χ4v) is 1.27. The van der Waals surface area contributed by atoms with Gasteiger partial charge in [-0.05, 0) is 12.1 Å². The zero-order valence-electron chi connectivity index (χ0n) is 9.26. The number of phenols is 1. The van der Waals surface area contributed by atoms with Crippen molar-refractivity contribution in [2.75, 3.05) is 6.54 Å². The molecule has 4 N–H and O–H groups in total. The number of hydrogen-bond acceptors (Lipinski definition) is 4. The average Bonchev–Trinajstić information content (AvgIpc) is 2.28. The van der Waals surface area contributed by atoms with E-state index in [1.54, 1.807) is 0 Å². The highest BCUT2D eigenvalue weighted by Crippen LogP contribution is 2.19. The van der Waals surface area contributed by atoms with Crippen molar-refractivity contribution in [2.24, 2.45) is 0 Å². The lowest BCUT2D eigenvalue weighted by molar-refractivity contribution is -0.146. The van der Waals surface area contributed by atoms with Crippen LogP contribution in [0.1, 0.15) is 16.8 Å². The highest BCUT2D eigenvalue weighted by molar-refractivity contribution is 5.97. The molecule has 1 aromatic rings. The van der Waals surface area contributed by atoms with Gasteiger partial charge in [0, 0.05) is 13.0 Å². The van der Waals surface area contributed by atoms with E-state index in [0.717, 1.165) is 12.1 Å². The zero-order chi connectivity index (χ0) is 13.7. The zero-order valence-corrected chi connectivity index (χ0v) is 9.26. The second kappa shape index (κ2) is 5.97. The van der Waals surface area contributed by atoms with Crippen molar-refractivity contribution in [2.45, 2.75) is 12.5 Å². The Morgan fingerprint density at radius 1 is 1.39 bits per heavy atom. The van der Waals surface area contributed by atoms with Gasteiger partial charge < -0.3 is 20.6 Å². The molecule has 0 saturated heterocycles. The van der Waals surface area contributed by atoms with Gasteiger partial charge in [0.2, 0.25) is 0 Å². The molecule has 1 aromatic carbocycles. The molecule has 0 aliphatic carbocycles. The Kier molecular flexibility index (Phi) is 4.61. The maximum absolute atomic E-state index is 13.3. The molecule has 0 spiro atoms. The van der Waals surface area contributed by atoms with Crippen LogP contribution in [0, 0.1) is 5.82 Å². The Morgan fingerprint density at radius 2 is 2.06 bits per heavy atom. The molecule has 6 nitrogen and oxygen atoms in total. The molecule has 1 amide bonds. The van der Waals surface area contributed by atoms with Crippen LogP contribution in [0.2, 0.25) is 0 Å². The summed E-state index contributed by atoms with van der Waals surface area (Å²) in [6.07, 6.45) is -1.81. The van der Waals surface area contributed by atoms with Crippen LogP contribution in [0.4, 0.5) is 4.39 Å². The second-order valence-electron chi connectivity index (χ2n) is 3.53. The van der Waals surface area contributed by atoms with E-state index >= 15 is 0 Å². The number of rotatable bonds is 5. The fourth-order valence-electron chi connectivity index (χ4n) is 1.27. The molecule has 1 unspecified atom stereocenters. The van der Waals surface area contributed by atoms with Crippen molar-refractivity contribution < 1.29 is 29.3 Å². The highest BCUT2D eigenvalue weighted by atomic mass is 19.1. The van der Waals surface area contributed by atoms with Crippen LogP contribution in [-0.4, -0.2) is 39.8 Å². The minimum Gasteiger partial charge on any atom is -0.507 e. The van der Waals surface area contributed by atoms with Crippen molar-refractivity contribution in [3.63, 3.8) is 0 Å². The largest absolute Gasteiger partial charge is 0.507 e. The Morgan fingerprint density at radius 3 is 2.61 bits per heavy atom. The van der Waals surface area contributed by atoms with Gasteiger partial charge in [-0.25, -0.2) is 9.18 Å². The van der Waals surface area contributed by atoms with Crippen LogP contribution in [0.3, 0.4) is 0 Å². The summed E-state index contributed by atoms with van der Waals surface area (Å²) in [6, 6.07) is 3.42. The molecule has 0 aliphatic rings. The van der Waals surface area contributed by atoms with Crippen molar-refractivity contribution >= 4 is 11.9 Å². The molecule has 0 aliphatic heterocycles. The molecule has 0 fully saturated rings. The summed E-state index contributed by atoms with van der Waals surface area (Å²) in [4.78, 5) is 21.8. The third-order valence-corrected chi connectivity index (χ3v) is 2.21. The molecule has 1 atom stereocenters. The summed E-state index contributed by atoms with van der Waals surface area (Å²) in [6.45, 7) is -0.153. The van der Waals surface area contributed by atoms with Gasteiger partial charge in [0.1, 0.15) is 17.1 Å². The van der Waals surface area contributed by atoms with E-state index in [0.29, 0.717) is 0 Å². The maximum atomic E-state index is 13.3. The summed E-state index contributed by atoms with van der Waals surface area (Å²) in [5.74, 6) is -3.67. The Labute approximate surface area is 102 Å². The molecule has 1 rings (SSSR count). The minimum atomic E-state index is -1.60. The van der Waals surface area contributed by atoms with Gasteiger partial charge in [-0.2, -0.15) is 0 Å². The molecular formula is C11H12FNO5. The smallest absolute Gasteiger partial charge is 0.332 e. The molecule has 0 aromatic heterocycles. The molecule has 0 heterocycles. The summed E-state index contributed by atoms with van der Waals surface area (Å²) in [5, 5.41) is 28.9. The summed E-state index contributed by atoms with van der Waals surface area (Å²) >= 11 is 0. The Balaban J connectivity index is 2.59. The van der Waals surface area contributed by atoms with E-state index in [1.807, 2.05) is 0 Å². The monoisotopic (exact) mass is 257 g/mol. The lowest BCUT2D eigenvalue weighted by atomic mass is 10.1. The number of carboxylic acids is 1. The number of halogens is 1. The third-order valence-electron chi connectivity index (χ3n) is 2.21. The molecule has 0 radical (unpaired) electrons. The number of hydrogen-bond donors (Lipinski definition) is 4. The molecule has 98 valence electrons. The topological polar surface area (TPSA) is 107 Å². The first-order valence-electron chi connectivity index (χ1n) is 5.10. The predicted molar refractivity (Wildman–Crippen MR) is 58.7 cm³/mol. The first-order chi connectivity index (χ1) is 8.43. The van der Waals surface area contributed by atoms with Crippen molar-refractivity contribution in [1.29, 1.82) is 0 Å². The van der Waals surface area contributed by atoms with Crippen LogP contribution < -0.4 is 5.32 Å². The van der Waals surface area contributed by atoms with E-state index < -0.39 is 35.1 Å². The van der Waals surface area contributed by atoms with Crippen LogP contribution >= 0.6 is 0 Å². The minimum absolute atomic E-state index is 0.153. The van der Waals surface area contributed by atoms with E-state index in [-0.39, 0.29) is 13.0 Å². The van der Waals surface area contributed by atoms with Gasteiger partial charge in [0.25, 0.3) is 5.91 Å². The highest BCUT2D eigenvalue weighted by Gasteiger charge is 2.17. The molecule has 0 bridgehead atoms. The number of aliphatic hydroxyl groups excluding tert-OH is 1. The maximum Gasteiger partial charge on any atom is 0.332 e. The number of aliphatic hydroxyl groups is 1. The lowest BCUT2D eigenvalue weighted by Crippen LogP contribution is -2.30. The molecule has 7 heteroatoms. The van der Waals surface area contributed by atoms with Gasteiger partial charge in [0.15, 0.2) is 6.10 Å². The third kappa shape index (κ3) is 3.42.